The van der Waals surface area contributed by atoms with Gasteiger partial charge in [-0.25, -0.2) is 0 Å². The van der Waals surface area contributed by atoms with Gasteiger partial charge in [0.15, 0.2) is 0 Å². The first kappa shape index (κ1) is 12.4. The maximum atomic E-state index is 12.0. The number of carbonyl (C=O) groups is 2. The van der Waals surface area contributed by atoms with Crippen molar-refractivity contribution in [1.82, 2.24) is 10.2 Å². The molecule has 1 amide bonds. The quantitative estimate of drug-likeness (QED) is 0.735. The highest BCUT2D eigenvalue weighted by Gasteiger charge is 2.32. The molecule has 1 saturated heterocycles. The predicted molar refractivity (Wildman–Crippen MR) is 62.6 cm³/mol. The van der Waals surface area contributed by atoms with Crippen molar-refractivity contribution in [3.8, 4) is 0 Å². The minimum atomic E-state index is -0.812. The molecule has 17 heavy (non-hydrogen) atoms. The summed E-state index contributed by atoms with van der Waals surface area (Å²) in [5.74, 6) is -1.22. The number of rotatable bonds is 2. The van der Waals surface area contributed by atoms with Crippen molar-refractivity contribution in [1.29, 1.82) is 0 Å². The Hall–Kier alpha value is -1.10. The Kier molecular flexibility index (Phi) is 3.99. The van der Waals surface area contributed by atoms with E-state index in [1.54, 1.807) is 4.90 Å². The molecule has 1 aliphatic carbocycles. The molecule has 1 heterocycles. The molecule has 2 rings (SSSR count). The van der Waals surface area contributed by atoms with Crippen molar-refractivity contribution in [2.45, 2.75) is 38.1 Å². The first-order valence-electron chi connectivity index (χ1n) is 6.41. The minimum absolute atomic E-state index is 0.0562. The predicted octanol–water partition coefficient (Wildman–Crippen LogP) is 0.452. The fourth-order valence-electron chi connectivity index (χ4n) is 2.77. The Morgan fingerprint density at radius 3 is 2.65 bits per heavy atom. The average Bonchev–Trinajstić information content (AvgIpc) is 2.52. The van der Waals surface area contributed by atoms with Crippen molar-refractivity contribution in [2.24, 2.45) is 5.92 Å². The van der Waals surface area contributed by atoms with Gasteiger partial charge in [-0.15, -0.1) is 0 Å². The van der Waals surface area contributed by atoms with Crippen LogP contribution in [0, 0.1) is 5.92 Å². The van der Waals surface area contributed by atoms with Gasteiger partial charge in [-0.05, 0) is 12.8 Å². The van der Waals surface area contributed by atoms with Crippen molar-refractivity contribution in [2.75, 3.05) is 19.6 Å². The standard InChI is InChI=1S/C12H20N2O3/c15-11-7-13-6-9(12(16)17)8-14(11)10-4-2-1-3-5-10/h9-10,13H,1-8H2,(H,16,17). The average molecular weight is 240 g/mol. The molecule has 1 unspecified atom stereocenters. The van der Waals surface area contributed by atoms with E-state index < -0.39 is 11.9 Å². The Morgan fingerprint density at radius 2 is 2.00 bits per heavy atom. The van der Waals surface area contributed by atoms with E-state index in [0.717, 1.165) is 25.7 Å². The normalized spacial score (nSPS) is 27.9. The van der Waals surface area contributed by atoms with Crippen LogP contribution in [0.1, 0.15) is 32.1 Å². The van der Waals surface area contributed by atoms with Crippen LogP contribution in [-0.2, 0) is 9.59 Å². The highest BCUT2D eigenvalue weighted by Crippen LogP contribution is 2.24. The van der Waals surface area contributed by atoms with E-state index >= 15 is 0 Å². The molecular weight excluding hydrogens is 220 g/mol. The van der Waals surface area contributed by atoms with Crippen LogP contribution in [0.25, 0.3) is 0 Å². The molecule has 2 fully saturated rings. The molecule has 0 radical (unpaired) electrons. The number of hydrogen-bond acceptors (Lipinski definition) is 3. The van der Waals surface area contributed by atoms with Gasteiger partial charge >= 0.3 is 5.97 Å². The zero-order valence-electron chi connectivity index (χ0n) is 10.0. The van der Waals surface area contributed by atoms with Gasteiger partial charge in [0.05, 0.1) is 12.5 Å². The Balaban J connectivity index is 2.05. The van der Waals surface area contributed by atoms with Crippen LogP contribution in [-0.4, -0.2) is 47.6 Å². The van der Waals surface area contributed by atoms with Crippen LogP contribution in [0.15, 0.2) is 0 Å². The van der Waals surface area contributed by atoms with Crippen LogP contribution in [0.2, 0.25) is 0 Å². The van der Waals surface area contributed by atoms with Crippen molar-refractivity contribution >= 4 is 11.9 Å². The third-order valence-corrected chi connectivity index (χ3v) is 3.77. The van der Waals surface area contributed by atoms with E-state index in [1.807, 2.05) is 0 Å². The van der Waals surface area contributed by atoms with Gasteiger partial charge in [0, 0.05) is 19.1 Å². The van der Waals surface area contributed by atoms with Crippen LogP contribution in [0.5, 0.6) is 0 Å². The van der Waals surface area contributed by atoms with Crippen LogP contribution in [0.3, 0.4) is 0 Å². The molecule has 1 atom stereocenters. The number of amides is 1. The minimum Gasteiger partial charge on any atom is -0.481 e. The Labute approximate surface area is 101 Å². The van der Waals surface area contributed by atoms with Gasteiger partial charge in [0.1, 0.15) is 0 Å². The molecule has 5 heteroatoms. The van der Waals surface area contributed by atoms with E-state index in [9.17, 15) is 9.59 Å². The largest absolute Gasteiger partial charge is 0.481 e. The lowest BCUT2D eigenvalue weighted by atomic mass is 9.93. The third kappa shape index (κ3) is 2.97. The first-order valence-corrected chi connectivity index (χ1v) is 6.41. The van der Waals surface area contributed by atoms with E-state index in [-0.39, 0.29) is 18.5 Å². The molecule has 0 spiro atoms. The molecular formula is C12H20N2O3. The van der Waals surface area contributed by atoms with E-state index in [1.165, 1.54) is 6.42 Å². The number of carboxylic acid groups (broad SMARTS) is 1. The molecule has 0 bridgehead atoms. The maximum Gasteiger partial charge on any atom is 0.309 e. The Morgan fingerprint density at radius 1 is 1.29 bits per heavy atom. The molecule has 0 aromatic carbocycles. The molecule has 2 N–H and O–H groups in total. The molecule has 5 nitrogen and oxygen atoms in total. The third-order valence-electron chi connectivity index (χ3n) is 3.77. The summed E-state index contributed by atoms with van der Waals surface area (Å²) < 4.78 is 0. The summed E-state index contributed by atoms with van der Waals surface area (Å²) in [4.78, 5) is 24.8. The summed E-state index contributed by atoms with van der Waals surface area (Å²) in [5.41, 5.74) is 0. The SMILES string of the molecule is O=C(O)C1CNCC(=O)N(C2CCCCC2)C1. The van der Waals surface area contributed by atoms with Crippen LogP contribution < -0.4 is 5.32 Å². The zero-order valence-corrected chi connectivity index (χ0v) is 10.0. The van der Waals surface area contributed by atoms with Crippen molar-refractivity contribution in [3.63, 3.8) is 0 Å². The number of carbonyl (C=O) groups excluding carboxylic acids is 1. The monoisotopic (exact) mass is 240 g/mol. The number of nitrogens with one attached hydrogen (secondary N) is 1. The number of hydrogen-bond donors (Lipinski definition) is 2. The molecule has 96 valence electrons. The highest BCUT2D eigenvalue weighted by atomic mass is 16.4. The second kappa shape index (κ2) is 5.49. The summed E-state index contributed by atoms with van der Waals surface area (Å²) in [5, 5.41) is 12.0. The highest BCUT2D eigenvalue weighted by molar-refractivity contribution is 5.80. The summed E-state index contributed by atoms with van der Waals surface area (Å²) >= 11 is 0. The van der Waals surface area contributed by atoms with E-state index in [0.29, 0.717) is 13.1 Å². The van der Waals surface area contributed by atoms with Gasteiger partial charge < -0.3 is 15.3 Å². The summed E-state index contributed by atoms with van der Waals surface area (Å²) in [6.45, 7) is 1.04. The van der Waals surface area contributed by atoms with Gasteiger partial charge in [0.25, 0.3) is 0 Å². The smallest absolute Gasteiger partial charge is 0.309 e. The van der Waals surface area contributed by atoms with E-state index in [2.05, 4.69) is 5.32 Å². The number of aliphatic carboxylic acids is 1. The lowest BCUT2D eigenvalue weighted by molar-refractivity contribution is -0.143. The molecule has 1 aliphatic heterocycles. The first-order chi connectivity index (χ1) is 8.18. The topological polar surface area (TPSA) is 69.6 Å². The molecule has 1 saturated carbocycles. The van der Waals surface area contributed by atoms with Crippen molar-refractivity contribution in [3.05, 3.63) is 0 Å². The summed E-state index contributed by atoms with van der Waals surface area (Å²) in [6.07, 6.45) is 5.59. The molecule has 0 aromatic rings. The number of nitrogens with zero attached hydrogens (tertiary/aromatic N) is 1. The maximum absolute atomic E-state index is 12.0. The zero-order chi connectivity index (χ0) is 12.3. The Bertz CT molecular complexity index is 300. The summed E-state index contributed by atoms with van der Waals surface area (Å²) in [7, 11) is 0. The van der Waals surface area contributed by atoms with Crippen molar-refractivity contribution < 1.29 is 14.7 Å². The van der Waals surface area contributed by atoms with Gasteiger partial charge in [-0.2, -0.15) is 0 Å². The second-order valence-corrected chi connectivity index (χ2v) is 5.00. The lowest BCUT2D eigenvalue weighted by Gasteiger charge is -2.34. The van der Waals surface area contributed by atoms with Crippen LogP contribution in [0.4, 0.5) is 0 Å². The second-order valence-electron chi connectivity index (χ2n) is 5.00. The molecule has 0 aromatic heterocycles. The van der Waals surface area contributed by atoms with E-state index in [4.69, 9.17) is 5.11 Å². The van der Waals surface area contributed by atoms with Crippen LogP contribution >= 0.6 is 0 Å². The number of carboxylic acids is 1. The van der Waals surface area contributed by atoms with Gasteiger partial charge in [-0.3, -0.25) is 9.59 Å². The lowest BCUT2D eigenvalue weighted by Crippen LogP contribution is -2.45. The van der Waals surface area contributed by atoms with Gasteiger partial charge in [-0.1, -0.05) is 19.3 Å². The molecule has 2 aliphatic rings. The summed E-state index contributed by atoms with van der Waals surface area (Å²) in [6, 6.07) is 0.262. The van der Waals surface area contributed by atoms with Gasteiger partial charge in [0.2, 0.25) is 5.91 Å². The fourth-order valence-corrected chi connectivity index (χ4v) is 2.77. The fraction of sp³-hybridized carbons (Fsp3) is 0.833.